The van der Waals surface area contributed by atoms with Crippen LogP contribution in [-0.4, -0.2) is 4.98 Å². The lowest BCUT2D eigenvalue weighted by molar-refractivity contribution is -0.137. The van der Waals surface area contributed by atoms with Gasteiger partial charge in [-0.05, 0) is 34.1 Å². The van der Waals surface area contributed by atoms with Crippen molar-refractivity contribution in [3.05, 3.63) is 55.5 Å². The number of aromatic amines is 1. The van der Waals surface area contributed by atoms with Crippen molar-refractivity contribution in [2.75, 3.05) is 0 Å². The summed E-state index contributed by atoms with van der Waals surface area (Å²) in [5.41, 5.74) is -2.65. The molecule has 1 aromatic carbocycles. The molecule has 20 heavy (non-hydrogen) atoms. The van der Waals surface area contributed by atoms with Crippen LogP contribution in [0.15, 0.2) is 33.5 Å². The van der Waals surface area contributed by atoms with Gasteiger partial charge in [0.25, 0.3) is 0 Å². The molecule has 1 aromatic heterocycles. The molecule has 0 aliphatic heterocycles. The van der Waals surface area contributed by atoms with Crippen LogP contribution in [0.4, 0.5) is 17.6 Å². The maximum Gasteiger partial charge on any atom is 0.416 e. The molecule has 0 saturated carbocycles. The molecular formula is C12H5BrClF4NO. The first-order chi connectivity index (χ1) is 9.20. The maximum absolute atomic E-state index is 13.9. The highest BCUT2D eigenvalue weighted by atomic mass is 79.9. The quantitative estimate of drug-likeness (QED) is 0.577. The molecule has 0 fully saturated rings. The molecule has 0 aliphatic rings. The Bertz CT molecular complexity index is 726. The summed E-state index contributed by atoms with van der Waals surface area (Å²) < 4.78 is 52.1. The Morgan fingerprint density at radius 1 is 1.20 bits per heavy atom. The van der Waals surface area contributed by atoms with Crippen LogP contribution in [0, 0.1) is 5.82 Å². The fraction of sp³-hybridized carbons (Fsp3) is 0.0833. The second-order valence-electron chi connectivity index (χ2n) is 3.87. The zero-order chi connectivity index (χ0) is 15.1. The van der Waals surface area contributed by atoms with Crippen LogP contribution >= 0.6 is 27.5 Å². The highest BCUT2D eigenvalue weighted by molar-refractivity contribution is 9.10. The molecule has 8 heteroatoms. The van der Waals surface area contributed by atoms with Gasteiger partial charge in [-0.15, -0.1) is 0 Å². The first-order valence-electron chi connectivity index (χ1n) is 5.15. The number of nitrogens with one attached hydrogen (secondary N) is 1. The summed E-state index contributed by atoms with van der Waals surface area (Å²) in [7, 11) is 0. The molecule has 0 radical (unpaired) electrons. The first kappa shape index (κ1) is 15.1. The van der Waals surface area contributed by atoms with Crippen LogP contribution in [0.5, 0.6) is 0 Å². The smallest absolute Gasteiger partial charge is 0.322 e. The van der Waals surface area contributed by atoms with E-state index in [0.717, 1.165) is 0 Å². The molecule has 1 heterocycles. The molecular weight excluding hydrogens is 365 g/mol. The molecule has 2 aromatic rings. The van der Waals surface area contributed by atoms with Crippen molar-refractivity contribution in [1.82, 2.24) is 4.98 Å². The minimum atomic E-state index is -4.70. The number of H-pyrrole nitrogens is 1. The summed E-state index contributed by atoms with van der Waals surface area (Å²) in [6.07, 6.45) is -4.70. The van der Waals surface area contributed by atoms with E-state index in [1.54, 1.807) is 0 Å². The summed E-state index contributed by atoms with van der Waals surface area (Å²) in [5.74, 6) is -0.920. The van der Waals surface area contributed by atoms with Gasteiger partial charge in [0.2, 0.25) is 5.56 Å². The molecule has 0 spiro atoms. The zero-order valence-electron chi connectivity index (χ0n) is 9.49. The van der Waals surface area contributed by atoms with E-state index in [9.17, 15) is 22.4 Å². The summed E-state index contributed by atoms with van der Waals surface area (Å²) in [6.45, 7) is 0. The monoisotopic (exact) mass is 369 g/mol. The van der Waals surface area contributed by atoms with E-state index < -0.39 is 23.1 Å². The Hall–Kier alpha value is -1.34. The molecule has 2 nitrogen and oxygen atoms in total. The molecule has 0 saturated heterocycles. The van der Waals surface area contributed by atoms with Gasteiger partial charge in [-0.25, -0.2) is 4.39 Å². The standard InChI is InChI=1S/C12H5BrClF4NO/c13-7-2-1-6(11(15)10(7)14)8-3-5(12(16,17)18)4-9(20)19-8/h1-4H,(H,19,20). The van der Waals surface area contributed by atoms with E-state index in [1.165, 1.54) is 12.1 Å². The van der Waals surface area contributed by atoms with Gasteiger partial charge in [0.1, 0.15) is 0 Å². The van der Waals surface area contributed by atoms with Crippen molar-refractivity contribution in [1.29, 1.82) is 0 Å². The largest absolute Gasteiger partial charge is 0.416 e. The van der Waals surface area contributed by atoms with Gasteiger partial charge >= 0.3 is 6.18 Å². The van der Waals surface area contributed by atoms with E-state index in [0.29, 0.717) is 12.1 Å². The highest BCUT2D eigenvalue weighted by Crippen LogP contribution is 2.34. The van der Waals surface area contributed by atoms with Crippen LogP contribution in [0.25, 0.3) is 11.3 Å². The molecule has 0 unspecified atom stereocenters. The fourth-order valence-corrected chi connectivity index (χ4v) is 2.06. The Labute approximate surface area is 123 Å². The van der Waals surface area contributed by atoms with E-state index in [1.807, 2.05) is 0 Å². The lowest BCUT2D eigenvalue weighted by Crippen LogP contribution is -2.14. The summed E-state index contributed by atoms with van der Waals surface area (Å²) in [5, 5.41) is -0.277. The number of aromatic nitrogens is 1. The average Bonchev–Trinajstić information content (AvgIpc) is 2.34. The Morgan fingerprint density at radius 3 is 2.45 bits per heavy atom. The molecule has 0 aliphatic carbocycles. The molecule has 0 atom stereocenters. The maximum atomic E-state index is 13.9. The highest BCUT2D eigenvalue weighted by Gasteiger charge is 2.31. The topological polar surface area (TPSA) is 32.9 Å². The van der Waals surface area contributed by atoms with Gasteiger partial charge in [0.05, 0.1) is 16.3 Å². The zero-order valence-corrected chi connectivity index (χ0v) is 11.8. The van der Waals surface area contributed by atoms with Gasteiger partial charge in [0.15, 0.2) is 5.82 Å². The van der Waals surface area contributed by atoms with Gasteiger partial charge in [0, 0.05) is 16.1 Å². The van der Waals surface area contributed by atoms with Crippen molar-refractivity contribution in [2.24, 2.45) is 0 Å². The molecule has 106 valence electrons. The number of hydrogen-bond acceptors (Lipinski definition) is 1. The van der Waals surface area contributed by atoms with Crippen molar-refractivity contribution in [3.63, 3.8) is 0 Å². The molecule has 1 N–H and O–H groups in total. The third-order valence-corrected chi connectivity index (χ3v) is 3.76. The van der Waals surface area contributed by atoms with Gasteiger partial charge in [-0.1, -0.05) is 11.6 Å². The van der Waals surface area contributed by atoms with E-state index >= 15 is 0 Å². The minimum absolute atomic E-state index is 0.221. The Kier molecular flexibility index (Phi) is 3.93. The lowest BCUT2D eigenvalue weighted by Gasteiger charge is -2.10. The number of rotatable bonds is 1. The number of pyridine rings is 1. The number of halogens is 6. The molecule has 0 bridgehead atoms. The normalized spacial score (nSPS) is 11.7. The third kappa shape index (κ3) is 2.88. The van der Waals surface area contributed by atoms with E-state index in [-0.39, 0.29) is 20.8 Å². The van der Waals surface area contributed by atoms with Crippen LogP contribution < -0.4 is 5.56 Å². The summed E-state index contributed by atoms with van der Waals surface area (Å²) in [4.78, 5) is 13.4. The SMILES string of the molecule is O=c1cc(C(F)(F)F)cc(-c2ccc(Br)c(Cl)c2F)[nH]1. The predicted octanol–water partition coefficient (Wildman–Crippen LogP) is 4.62. The molecule has 2 rings (SSSR count). The fourth-order valence-electron chi connectivity index (χ4n) is 1.59. The average molecular weight is 371 g/mol. The Morgan fingerprint density at radius 2 is 1.85 bits per heavy atom. The van der Waals surface area contributed by atoms with Crippen LogP contribution in [0.2, 0.25) is 5.02 Å². The summed E-state index contributed by atoms with van der Waals surface area (Å²) in [6, 6.07) is 3.65. The third-order valence-electron chi connectivity index (χ3n) is 2.50. The van der Waals surface area contributed by atoms with Crippen molar-refractivity contribution in [3.8, 4) is 11.3 Å². The van der Waals surface area contributed by atoms with Crippen molar-refractivity contribution >= 4 is 27.5 Å². The second-order valence-corrected chi connectivity index (χ2v) is 5.10. The number of hydrogen-bond donors (Lipinski definition) is 1. The van der Waals surface area contributed by atoms with Gasteiger partial charge < -0.3 is 4.98 Å². The molecule has 0 amide bonds. The predicted molar refractivity (Wildman–Crippen MR) is 70.2 cm³/mol. The van der Waals surface area contributed by atoms with Crippen LogP contribution in [-0.2, 0) is 6.18 Å². The Balaban J connectivity index is 2.68. The second kappa shape index (κ2) is 5.21. The van der Waals surface area contributed by atoms with Crippen molar-refractivity contribution < 1.29 is 17.6 Å². The number of benzene rings is 1. The van der Waals surface area contributed by atoms with Gasteiger partial charge in [-0.3, -0.25) is 4.79 Å². The van der Waals surface area contributed by atoms with Crippen LogP contribution in [0.3, 0.4) is 0 Å². The van der Waals surface area contributed by atoms with Gasteiger partial charge in [-0.2, -0.15) is 13.2 Å². The van der Waals surface area contributed by atoms with Crippen LogP contribution in [0.1, 0.15) is 5.56 Å². The van der Waals surface area contributed by atoms with Crippen molar-refractivity contribution in [2.45, 2.75) is 6.18 Å². The lowest BCUT2D eigenvalue weighted by atomic mass is 10.1. The summed E-state index contributed by atoms with van der Waals surface area (Å²) >= 11 is 8.66. The number of alkyl halides is 3. The first-order valence-corrected chi connectivity index (χ1v) is 6.32. The minimum Gasteiger partial charge on any atom is -0.322 e. The van der Waals surface area contributed by atoms with E-state index in [2.05, 4.69) is 20.9 Å². The van der Waals surface area contributed by atoms with E-state index in [4.69, 9.17) is 11.6 Å².